The van der Waals surface area contributed by atoms with E-state index in [0.717, 1.165) is 5.56 Å². The van der Waals surface area contributed by atoms with E-state index >= 15 is 0 Å². The summed E-state index contributed by atoms with van der Waals surface area (Å²) < 4.78 is 16.7. The van der Waals surface area contributed by atoms with Crippen LogP contribution in [0, 0.1) is 0 Å². The Morgan fingerprint density at radius 1 is 1.10 bits per heavy atom. The molecule has 7 nitrogen and oxygen atoms in total. The van der Waals surface area contributed by atoms with Gasteiger partial charge in [-0.3, -0.25) is 0 Å². The van der Waals surface area contributed by atoms with Gasteiger partial charge >= 0.3 is 12.1 Å². The molecule has 1 fully saturated rings. The van der Waals surface area contributed by atoms with Crippen molar-refractivity contribution in [2.24, 2.45) is 0 Å². The summed E-state index contributed by atoms with van der Waals surface area (Å²) in [4.78, 5) is 25.2. The third kappa shape index (κ3) is 4.99. The lowest BCUT2D eigenvalue weighted by Gasteiger charge is -2.39. The number of benzene rings is 2. The number of methoxy groups -OCH3 is 1. The van der Waals surface area contributed by atoms with Crippen molar-refractivity contribution in [2.75, 3.05) is 20.2 Å². The number of para-hydroxylation sites is 1. The lowest BCUT2D eigenvalue weighted by Crippen LogP contribution is -2.57. The monoisotopic (exact) mass is 399 g/mol. The van der Waals surface area contributed by atoms with Gasteiger partial charge in [-0.05, 0) is 50.6 Å². The predicted octanol–water partition coefficient (Wildman–Crippen LogP) is 4.06. The van der Waals surface area contributed by atoms with Gasteiger partial charge in [0.05, 0.1) is 25.8 Å². The number of aromatic carboxylic acids is 1. The number of rotatable bonds is 5. The van der Waals surface area contributed by atoms with Gasteiger partial charge in [-0.25, -0.2) is 9.59 Å². The normalized spacial score (nSPS) is 14.1. The van der Waals surface area contributed by atoms with E-state index in [-0.39, 0.29) is 17.8 Å². The minimum atomic E-state index is -1.05. The molecule has 2 aromatic rings. The zero-order chi connectivity index (χ0) is 21.2. The van der Waals surface area contributed by atoms with Gasteiger partial charge in [0.15, 0.2) is 0 Å². The van der Waals surface area contributed by atoms with Crippen molar-refractivity contribution >= 4 is 12.1 Å². The fourth-order valence-corrected chi connectivity index (χ4v) is 3.01. The molecule has 0 aliphatic carbocycles. The van der Waals surface area contributed by atoms with Crippen LogP contribution in [-0.2, 0) is 4.74 Å². The Hall–Kier alpha value is -3.22. The van der Waals surface area contributed by atoms with Crippen molar-refractivity contribution in [1.82, 2.24) is 4.90 Å². The minimum absolute atomic E-state index is 0.117. The highest BCUT2D eigenvalue weighted by Crippen LogP contribution is 2.33. The summed E-state index contributed by atoms with van der Waals surface area (Å²) in [6.07, 6.45) is -0.608. The van der Waals surface area contributed by atoms with E-state index in [9.17, 15) is 14.7 Å². The fraction of sp³-hybridized carbons (Fsp3) is 0.364. The average Bonchev–Trinajstić information content (AvgIpc) is 2.62. The standard InChI is InChI=1S/C22H25NO6/c1-22(2,3)29-21(26)23-12-17(13-23)28-16-10-14(9-15(11-16)20(24)25)18-7-5-6-8-19(18)27-4/h5-11,17H,12-13H2,1-4H3,(H,24,25). The van der Waals surface area contributed by atoms with Gasteiger partial charge in [0.25, 0.3) is 0 Å². The van der Waals surface area contributed by atoms with Crippen molar-refractivity contribution in [3.8, 4) is 22.6 Å². The summed E-state index contributed by atoms with van der Waals surface area (Å²) in [6, 6.07) is 12.2. The maximum atomic E-state index is 12.0. The number of nitrogens with zero attached hydrogens (tertiary/aromatic N) is 1. The molecule has 0 radical (unpaired) electrons. The summed E-state index contributed by atoms with van der Waals surface area (Å²) in [5.74, 6) is 0.0240. The van der Waals surface area contributed by atoms with Gasteiger partial charge in [-0.2, -0.15) is 0 Å². The molecule has 1 aliphatic heterocycles. The smallest absolute Gasteiger partial charge is 0.410 e. The van der Waals surface area contributed by atoms with Crippen molar-refractivity contribution in [2.45, 2.75) is 32.5 Å². The topological polar surface area (TPSA) is 85.3 Å². The molecule has 29 heavy (non-hydrogen) atoms. The van der Waals surface area contributed by atoms with Gasteiger partial charge in [0, 0.05) is 5.56 Å². The van der Waals surface area contributed by atoms with Crippen LogP contribution in [0.5, 0.6) is 11.5 Å². The van der Waals surface area contributed by atoms with Crippen LogP contribution in [0.15, 0.2) is 42.5 Å². The number of carboxylic acids is 1. The maximum Gasteiger partial charge on any atom is 0.410 e. The first-order chi connectivity index (χ1) is 13.7. The summed E-state index contributed by atoms with van der Waals surface area (Å²) in [6.45, 7) is 6.22. The van der Waals surface area contributed by atoms with Crippen LogP contribution in [0.2, 0.25) is 0 Å². The van der Waals surface area contributed by atoms with Gasteiger partial charge in [-0.1, -0.05) is 18.2 Å². The van der Waals surface area contributed by atoms with Crippen molar-refractivity contribution in [3.63, 3.8) is 0 Å². The summed E-state index contributed by atoms with van der Waals surface area (Å²) in [7, 11) is 1.57. The molecule has 154 valence electrons. The second-order valence-electron chi connectivity index (χ2n) is 7.88. The highest BCUT2D eigenvalue weighted by Gasteiger charge is 2.35. The third-order valence-electron chi connectivity index (χ3n) is 4.37. The molecular formula is C22H25NO6. The summed E-state index contributed by atoms with van der Waals surface area (Å²) in [5, 5.41) is 9.48. The Morgan fingerprint density at radius 2 is 1.79 bits per heavy atom. The lowest BCUT2D eigenvalue weighted by atomic mass is 10.0. The molecule has 1 N–H and O–H groups in total. The third-order valence-corrected chi connectivity index (χ3v) is 4.37. The van der Waals surface area contributed by atoms with Crippen LogP contribution >= 0.6 is 0 Å². The molecule has 1 amide bonds. The molecule has 7 heteroatoms. The fourth-order valence-electron chi connectivity index (χ4n) is 3.01. The van der Waals surface area contributed by atoms with E-state index in [1.165, 1.54) is 6.07 Å². The van der Waals surface area contributed by atoms with Crippen LogP contribution in [0.1, 0.15) is 31.1 Å². The van der Waals surface area contributed by atoms with Crippen molar-refractivity contribution in [1.29, 1.82) is 0 Å². The zero-order valence-electron chi connectivity index (χ0n) is 17.0. The predicted molar refractivity (Wildman–Crippen MR) is 108 cm³/mol. The number of carboxylic acid groups (broad SMARTS) is 1. The Labute approximate surface area is 169 Å². The number of hydrogen-bond acceptors (Lipinski definition) is 5. The van der Waals surface area contributed by atoms with Gasteiger partial charge in [0.1, 0.15) is 23.2 Å². The lowest BCUT2D eigenvalue weighted by molar-refractivity contribution is -0.0221. The van der Waals surface area contributed by atoms with E-state index in [0.29, 0.717) is 30.2 Å². The van der Waals surface area contributed by atoms with Crippen LogP contribution in [0.3, 0.4) is 0 Å². The molecule has 1 saturated heterocycles. The molecule has 3 rings (SSSR count). The molecule has 0 bridgehead atoms. The highest BCUT2D eigenvalue weighted by atomic mass is 16.6. The second kappa shape index (κ2) is 8.03. The molecule has 1 aliphatic rings. The first-order valence-corrected chi connectivity index (χ1v) is 9.32. The minimum Gasteiger partial charge on any atom is -0.496 e. The average molecular weight is 399 g/mol. The molecule has 0 saturated carbocycles. The van der Waals surface area contributed by atoms with Crippen LogP contribution in [-0.4, -0.2) is 54.0 Å². The van der Waals surface area contributed by atoms with E-state index in [2.05, 4.69) is 0 Å². The Bertz CT molecular complexity index is 912. The second-order valence-corrected chi connectivity index (χ2v) is 7.88. The molecule has 0 atom stereocenters. The first kappa shape index (κ1) is 20.5. The quantitative estimate of drug-likeness (QED) is 0.816. The molecule has 2 aromatic carbocycles. The summed E-state index contributed by atoms with van der Waals surface area (Å²) >= 11 is 0. The number of ether oxygens (including phenoxy) is 3. The Kier molecular flexibility index (Phi) is 5.68. The number of carbonyl (C=O) groups excluding carboxylic acids is 1. The number of carbonyl (C=O) groups is 2. The molecule has 0 spiro atoms. The summed E-state index contributed by atoms with van der Waals surface area (Å²) in [5.41, 5.74) is 1.02. The van der Waals surface area contributed by atoms with E-state index < -0.39 is 11.6 Å². The van der Waals surface area contributed by atoms with E-state index in [1.54, 1.807) is 24.1 Å². The van der Waals surface area contributed by atoms with Crippen molar-refractivity contribution < 1.29 is 28.9 Å². The zero-order valence-corrected chi connectivity index (χ0v) is 17.0. The molecule has 1 heterocycles. The number of likely N-dealkylation sites (tertiary alicyclic amines) is 1. The van der Waals surface area contributed by atoms with Gasteiger partial charge < -0.3 is 24.2 Å². The van der Waals surface area contributed by atoms with Crippen LogP contribution in [0.25, 0.3) is 11.1 Å². The largest absolute Gasteiger partial charge is 0.496 e. The molecular weight excluding hydrogens is 374 g/mol. The van der Waals surface area contributed by atoms with E-state index in [4.69, 9.17) is 14.2 Å². The maximum absolute atomic E-state index is 12.0. The highest BCUT2D eigenvalue weighted by molar-refractivity contribution is 5.90. The van der Waals surface area contributed by atoms with E-state index in [1.807, 2.05) is 45.0 Å². The SMILES string of the molecule is COc1ccccc1-c1cc(OC2CN(C(=O)OC(C)(C)C)C2)cc(C(=O)O)c1. The molecule has 0 aromatic heterocycles. The van der Waals surface area contributed by atoms with Crippen LogP contribution < -0.4 is 9.47 Å². The van der Waals surface area contributed by atoms with Crippen LogP contribution in [0.4, 0.5) is 4.79 Å². The van der Waals surface area contributed by atoms with Gasteiger partial charge in [-0.15, -0.1) is 0 Å². The van der Waals surface area contributed by atoms with Crippen molar-refractivity contribution in [3.05, 3.63) is 48.0 Å². The first-order valence-electron chi connectivity index (χ1n) is 9.32. The number of hydrogen-bond donors (Lipinski definition) is 1. The molecule has 0 unspecified atom stereocenters. The Morgan fingerprint density at radius 3 is 2.41 bits per heavy atom. The Balaban J connectivity index is 1.76. The number of amides is 1. The van der Waals surface area contributed by atoms with Gasteiger partial charge in [0.2, 0.25) is 0 Å².